The molecule has 1 saturated carbocycles. The van der Waals surface area contributed by atoms with Crippen molar-refractivity contribution in [2.75, 3.05) is 32.6 Å². The molecule has 8 atom stereocenters. The van der Waals surface area contributed by atoms with Crippen LogP contribution < -0.4 is 10.6 Å². The quantitative estimate of drug-likeness (QED) is 0.331. The molecule has 1 aliphatic carbocycles. The van der Waals surface area contributed by atoms with Crippen LogP contribution in [0.4, 0.5) is 4.79 Å². The van der Waals surface area contributed by atoms with Gasteiger partial charge in [-0.15, -0.1) is 0 Å². The lowest BCUT2D eigenvalue weighted by atomic mass is 9.69. The molecule has 9 nitrogen and oxygen atoms in total. The highest BCUT2D eigenvalue weighted by Crippen LogP contribution is 2.43. The van der Waals surface area contributed by atoms with Gasteiger partial charge in [-0.25, -0.2) is 13.2 Å². The number of hydrogen-bond acceptors (Lipinski definition) is 7. The van der Waals surface area contributed by atoms with Gasteiger partial charge in [0.2, 0.25) is 10.0 Å². The molecule has 252 valence electrons. The third-order valence-corrected chi connectivity index (χ3v) is 13.0. The zero-order valence-corrected chi connectivity index (χ0v) is 28.7. The Bertz CT molecular complexity index is 1270. The maximum Gasteiger partial charge on any atom is 0.407 e. The van der Waals surface area contributed by atoms with Crippen LogP contribution in [-0.2, 0) is 24.3 Å². The van der Waals surface area contributed by atoms with Crippen molar-refractivity contribution in [3.63, 3.8) is 0 Å². The van der Waals surface area contributed by atoms with Crippen LogP contribution in [0, 0.1) is 17.8 Å². The van der Waals surface area contributed by atoms with Gasteiger partial charge in [0.15, 0.2) is 5.78 Å². The van der Waals surface area contributed by atoms with Crippen LogP contribution in [0.5, 0.6) is 0 Å². The van der Waals surface area contributed by atoms with Gasteiger partial charge in [0.05, 0.1) is 24.5 Å². The van der Waals surface area contributed by atoms with Crippen molar-refractivity contribution >= 4 is 33.5 Å². The number of ether oxygens (including phenoxy) is 2. The number of amides is 1. The first kappa shape index (κ1) is 34.6. The fourth-order valence-electron chi connectivity index (χ4n) is 8.53. The Labute approximate surface area is 274 Å². The van der Waals surface area contributed by atoms with E-state index in [0.29, 0.717) is 43.5 Å². The highest BCUT2D eigenvalue weighted by molar-refractivity contribution is 7.89. The summed E-state index contributed by atoms with van der Waals surface area (Å²) in [7, 11) is -1.91. The molecule has 3 saturated heterocycles. The highest BCUT2D eigenvalue weighted by Gasteiger charge is 2.43. The van der Waals surface area contributed by atoms with E-state index in [9.17, 15) is 18.0 Å². The summed E-state index contributed by atoms with van der Waals surface area (Å²) < 4.78 is 38.9. The Kier molecular flexibility index (Phi) is 11.5. The second kappa shape index (κ2) is 15.0. The smallest absolute Gasteiger partial charge is 0.407 e. The van der Waals surface area contributed by atoms with Crippen molar-refractivity contribution in [2.24, 2.45) is 17.8 Å². The second-order valence-electron chi connectivity index (χ2n) is 14.4. The van der Waals surface area contributed by atoms with Crippen molar-refractivity contribution in [3.8, 4) is 0 Å². The molecule has 1 aromatic rings. The molecular weight excluding hydrogens is 614 g/mol. The summed E-state index contributed by atoms with van der Waals surface area (Å²) in [6.07, 6.45) is 8.80. The molecule has 1 amide bonds. The number of ketones is 1. The lowest BCUT2D eigenvalue weighted by Crippen LogP contribution is -2.57. The number of nitrogens with zero attached hydrogens (tertiary/aromatic N) is 1. The molecule has 4 fully saturated rings. The minimum absolute atomic E-state index is 0.0267. The van der Waals surface area contributed by atoms with Crippen molar-refractivity contribution < 1.29 is 27.5 Å². The first-order chi connectivity index (χ1) is 21.5. The van der Waals surface area contributed by atoms with Gasteiger partial charge >= 0.3 is 6.09 Å². The second-order valence-corrected chi connectivity index (χ2v) is 16.9. The van der Waals surface area contributed by atoms with Crippen molar-refractivity contribution in [2.45, 2.75) is 114 Å². The average Bonchev–Trinajstić information content (AvgIpc) is 3.12. The van der Waals surface area contributed by atoms with Crippen molar-refractivity contribution in [1.82, 2.24) is 14.9 Å². The summed E-state index contributed by atoms with van der Waals surface area (Å²) in [6.45, 7) is 6.00. The SMILES string of the molecule is COC(=O)N[C@H](C(=O)C[C@H]1CCCC[C@@H]1CC[C@H]1CN[C@@H]2CCCS(=O)(=O)N1C2)[C@@H](c1ccc(Cl)cc1)[C@@H]1CCOC(C)(C)C1. The molecule has 4 aliphatic rings. The van der Waals surface area contributed by atoms with Gasteiger partial charge in [-0.1, -0.05) is 43.0 Å². The van der Waals surface area contributed by atoms with E-state index in [2.05, 4.69) is 24.5 Å². The fourth-order valence-corrected chi connectivity index (χ4v) is 10.5. The van der Waals surface area contributed by atoms with Gasteiger partial charge in [0.1, 0.15) is 0 Å². The predicted molar refractivity (Wildman–Crippen MR) is 176 cm³/mol. The van der Waals surface area contributed by atoms with Gasteiger partial charge in [-0.3, -0.25) is 4.79 Å². The summed E-state index contributed by atoms with van der Waals surface area (Å²) in [5.74, 6) is 0.643. The number of methoxy groups -OCH3 is 1. The number of alkyl carbamates (subject to hydrolysis) is 1. The monoisotopic (exact) mass is 665 g/mol. The number of carbonyl (C=O) groups excluding carboxylic acids is 2. The number of sulfonamides is 1. The zero-order valence-electron chi connectivity index (χ0n) is 27.1. The number of nitrogens with one attached hydrogen (secondary N) is 2. The summed E-state index contributed by atoms with van der Waals surface area (Å²) >= 11 is 6.26. The topological polar surface area (TPSA) is 114 Å². The van der Waals surface area contributed by atoms with E-state index in [0.717, 1.165) is 63.4 Å². The Balaban J connectivity index is 1.34. The predicted octanol–water partition coefficient (Wildman–Crippen LogP) is 5.67. The Morgan fingerprint density at radius 3 is 2.53 bits per heavy atom. The van der Waals surface area contributed by atoms with Crippen molar-refractivity contribution in [3.05, 3.63) is 34.9 Å². The summed E-state index contributed by atoms with van der Waals surface area (Å²) in [5.41, 5.74) is 0.634. The molecule has 45 heavy (non-hydrogen) atoms. The number of rotatable bonds is 10. The van der Waals surface area contributed by atoms with Gasteiger partial charge in [-0.2, -0.15) is 4.31 Å². The van der Waals surface area contributed by atoms with Crippen LogP contribution >= 0.6 is 11.6 Å². The first-order valence-electron chi connectivity index (χ1n) is 17.0. The van der Waals surface area contributed by atoms with Crippen LogP contribution in [0.3, 0.4) is 0 Å². The third-order valence-electron chi connectivity index (χ3n) is 10.8. The summed E-state index contributed by atoms with van der Waals surface area (Å²) in [5, 5.41) is 7.17. The van der Waals surface area contributed by atoms with E-state index in [4.69, 9.17) is 21.1 Å². The van der Waals surface area contributed by atoms with Gasteiger partial charge < -0.3 is 20.1 Å². The molecule has 3 aliphatic heterocycles. The maximum absolute atomic E-state index is 14.4. The van der Waals surface area contributed by atoms with E-state index in [1.165, 1.54) is 7.11 Å². The van der Waals surface area contributed by atoms with Gasteiger partial charge in [0, 0.05) is 49.1 Å². The average molecular weight is 666 g/mol. The van der Waals surface area contributed by atoms with Crippen LogP contribution in [0.2, 0.25) is 5.02 Å². The molecular formula is C34H52ClN3O6S. The number of benzene rings is 1. The molecule has 0 radical (unpaired) electrons. The summed E-state index contributed by atoms with van der Waals surface area (Å²) in [6, 6.07) is 7.09. The van der Waals surface area contributed by atoms with Crippen molar-refractivity contribution in [1.29, 1.82) is 0 Å². The first-order valence-corrected chi connectivity index (χ1v) is 18.9. The van der Waals surface area contributed by atoms with Crippen LogP contribution in [0.15, 0.2) is 24.3 Å². The molecule has 0 aromatic heterocycles. The Hall–Kier alpha value is -1.72. The van der Waals surface area contributed by atoms with Gasteiger partial charge in [-0.05, 0) is 94.2 Å². The summed E-state index contributed by atoms with van der Waals surface area (Å²) in [4.78, 5) is 27.2. The zero-order chi connectivity index (χ0) is 32.2. The van der Waals surface area contributed by atoms with Gasteiger partial charge in [0.25, 0.3) is 0 Å². The standard InChI is InChI=1S/C34H52ClN3O6S/c1-34(2)20-26(16-17-44-34)31(24-10-13-27(35)14-11-24)32(37-33(40)43-3)30(39)19-25-8-5-4-7-23(25)12-15-29-21-36-28-9-6-18-45(41,42)38(29)22-28/h10-11,13-14,23,25-26,28-29,31-32,36H,4-9,12,15-22H2,1-3H3,(H,37,40)/t23-,25-,26-,28-,29+,31+,32-/m1/s1. The number of halogens is 1. The number of carbonyl (C=O) groups is 2. The van der Waals surface area contributed by atoms with E-state index in [1.807, 2.05) is 24.3 Å². The molecule has 1 unspecified atom stereocenters. The maximum atomic E-state index is 14.4. The Morgan fingerprint density at radius 1 is 1.09 bits per heavy atom. The lowest BCUT2D eigenvalue weighted by Gasteiger charge is -2.42. The number of hydrogen-bond donors (Lipinski definition) is 2. The molecule has 2 N–H and O–H groups in total. The Morgan fingerprint density at radius 2 is 1.82 bits per heavy atom. The normalized spacial score (nSPS) is 32.4. The van der Waals surface area contributed by atoms with E-state index < -0.39 is 22.2 Å². The highest BCUT2D eigenvalue weighted by atomic mass is 35.5. The lowest BCUT2D eigenvalue weighted by molar-refractivity contribution is -0.125. The minimum atomic E-state index is -3.24. The van der Waals surface area contributed by atoms with E-state index in [-0.39, 0.29) is 47.0 Å². The molecule has 5 rings (SSSR count). The minimum Gasteiger partial charge on any atom is -0.453 e. The molecule has 11 heteroatoms. The molecule has 3 heterocycles. The van der Waals surface area contributed by atoms with E-state index in [1.54, 1.807) is 4.31 Å². The van der Waals surface area contributed by atoms with Crippen LogP contribution in [-0.4, -0.2) is 80.9 Å². The molecule has 1 aromatic carbocycles. The third kappa shape index (κ3) is 8.80. The van der Waals surface area contributed by atoms with Crippen LogP contribution in [0.25, 0.3) is 0 Å². The fraction of sp³-hybridized carbons (Fsp3) is 0.765. The number of Topliss-reactive ketones (excluding diaryl/α,β-unsaturated/α-hetero) is 1. The largest absolute Gasteiger partial charge is 0.453 e. The van der Waals surface area contributed by atoms with Crippen LogP contribution in [0.1, 0.15) is 96.0 Å². The van der Waals surface area contributed by atoms with E-state index >= 15 is 0 Å². The number of fused-ring (bicyclic) bond motifs is 2. The number of piperazine rings is 1. The molecule has 2 bridgehead atoms. The molecule has 0 spiro atoms.